The number of aliphatic hydroxyl groups is 1. The number of hydrogen-bond donors (Lipinski definition) is 1. The van der Waals surface area contributed by atoms with Crippen molar-refractivity contribution in [3.05, 3.63) is 56.9 Å². The summed E-state index contributed by atoms with van der Waals surface area (Å²) in [6, 6.07) is 6.01. The highest BCUT2D eigenvalue weighted by atomic mass is 16.6. The number of carbonyl (C=O) groups excluding carboxylic acids is 1. The Balaban J connectivity index is 0.000000221. The number of carbonyl (C=O) groups is 1. The fourth-order valence-electron chi connectivity index (χ4n) is 3.28. The smallest absolute Gasteiger partial charge is 0.332 e. The predicted octanol–water partition coefficient (Wildman–Crippen LogP) is 1.71. The van der Waals surface area contributed by atoms with E-state index in [9.17, 15) is 25.0 Å². The standard InChI is InChI=1S/C14H19N3O5.C8H9N3O3/c1-14(2,3)22-13(18)9-21-11-7-16(8-11)12-5-4-10(6-15-12)17(19)20;12-7-4-10(5-7)8-2-1-6(3-9-8)11(13)14/h4-6,11H,7-9H2,1-3H3;1-3,7,12H,4-5H2. The van der Waals surface area contributed by atoms with E-state index in [4.69, 9.17) is 14.6 Å². The Morgan fingerprint density at radius 2 is 1.44 bits per heavy atom. The Kier molecular flexibility index (Phi) is 8.32. The second-order valence-electron chi connectivity index (χ2n) is 9.25. The van der Waals surface area contributed by atoms with E-state index in [-0.39, 0.29) is 36.2 Å². The summed E-state index contributed by atoms with van der Waals surface area (Å²) in [6.45, 7) is 7.60. The van der Waals surface area contributed by atoms with Crippen LogP contribution in [0.15, 0.2) is 36.7 Å². The van der Waals surface area contributed by atoms with Crippen molar-refractivity contribution < 1.29 is 29.2 Å². The van der Waals surface area contributed by atoms with E-state index in [0.717, 1.165) is 0 Å². The first-order chi connectivity index (χ1) is 16.9. The number of nitro groups is 2. The molecule has 2 aliphatic heterocycles. The molecular weight excluding hydrogens is 476 g/mol. The Labute approximate surface area is 206 Å². The molecule has 2 fully saturated rings. The molecule has 194 valence electrons. The lowest BCUT2D eigenvalue weighted by Gasteiger charge is -2.39. The largest absolute Gasteiger partial charge is 0.458 e. The van der Waals surface area contributed by atoms with Crippen molar-refractivity contribution in [1.82, 2.24) is 9.97 Å². The summed E-state index contributed by atoms with van der Waals surface area (Å²) in [5.74, 6) is 0.933. The molecule has 0 saturated carbocycles. The van der Waals surface area contributed by atoms with Gasteiger partial charge < -0.3 is 24.4 Å². The highest BCUT2D eigenvalue weighted by Gasteiger charge is 2.30. The Morgan fingerprint density at radius 1 is 0.972 bits per heavy atom. The summed E-state index contributed by atoms with van der Waals surface area (Å²) in [4.78, 5) is 43.2. The first-order valence-electron chi connectivity index (χ1n) is 11.1. The number of β-amino-alcohol motifs (C(OH)–C–C–N with tert-alkyl or cyclic N) is 1. The number of pyridine rings is 2. The van der Waals surface area contributed by atoms with E-state index in [2.05, 4.69) is 9.97 Å². The summed E-state index contributed by atoms with van der Waals surface area (Å²) >= 11 is 0. The minimum atomic E-state index is -0.519. The van der Waals surface area contributed by atoms with Crippen molar-refractivity contribution >= 4 is 29.0 Å². The maximum absolute atomic E-state index is 11.5. The molecule has 0 atom stereocenters. The molecule has 36 heavy (non-hydrogen) atoms. The number of rotatable bonds is 7. The van der Waals surface area contributed by atoms with Gasteiger partial charge in [-0.05, 0) is 32.9 Å². The number of nitrogens with zero attached hydrogens (tertiary/aromatic N) is 6. The SMILES string of the molecule is CC(C)(C)OC(=O)COC1CN(c2ccc([N+](=O)[O-])cn2)C1.O=[N+]([O-])c1ccc(N2CC(O)C2)nc1. The molecule has 4 rings (SSSR count). The first kappa shape index (κ1) is 26.7. The van der Waals surface area contributed by atoms with Crippen LogP contribution in [0.1, 0.15) is 20.8 Å². The van der Waals surface area contributed by atoms with Gasteiger partial charge >= 0.3 is 5.97 Å². The molecule has 0 unspecified atom stereocenters. The number of aliphatic hydroxyl groups excluding tert-OH is 1. The number of esters is 1. The van der Waals surface area contributed by atoms with Crippen LogP contribution in [0.5, 0.6) is 0 Å². The Hall–Kier alpha value is -3.91. The molecule has 14 nitrogen and oxygen atoms in total. The lowest BCUT2D eigenvalue weighted by atomic mass is 10.1. The molecule has 2 aromatic rings. The second-order valence-corrected chi connectivity index (χ2v) is 9.25. The molecule has 0 bridgehead atoms. The Morgan fingerprint density at radius 3 is 1.81 bits per heavy atom. The molecule has 0 aromatic carbocycles. The van der Waals surface area contributed by atoms with Gasteiger partial charge in [0.1, 0.15) is 36.2 Å². The van der Waals surface area contributed by atoms with E-state index in [1.54, 1.807) is 32.9 Å². The number of hydrogen-bond acceptors (Lipinski definition) is 12. The van der Waals surface area contributed by atoms with Gasteiger partial charge in [-0.2, -0.15) is 0 Å². The highest BCUT2D eigenvalue weighted by Crippen LogP contribution is 2.22. The van der Waals surface area contributed by atoms with Gasteiger partial charge in [0.05, 0.1) is 22.1 Å². The zero-order valence-electron chi connectivity index (χ0n) is 20.1. The third-order valence-electron chi connectivity index (χ3n) is 5.10. The van der Waals surface area contributed by atoms with Gasteiger partial charge in [-0.3, -0.25) is 20.2 Å². The van der Waals surface area contributed by atoms with Crippen molar-refractivity contribution in [1.29, 1.82) is 0 Å². The molecule has 0 radical (unpaired) electrons. The minimum Gasteiger partial charge on any atom is -0.458 e. The third-order valence-corrected chi connectivity index (χ3v) is 5.10. The van der Waals surface area contributed by atoms with Crippen molar-refractivity contribution in [3.63, 3.8) is 0 Å². The van der Waals surface area contributed by atoms with Crippen molar-refractivity contribution in [2.24, 2.45) is 0 Å². The van der Waals surface area contributed by atoms with Gasteiger partial charge in [-0.1, -0.05) is 0 Å². The fourth-order valence-corrected chi connectivity index (χ4v) is 3.28. The van der Waals surface area contributed by atoms with Crippen molar-refractivity contribution in [3.8, 4) is 0 Å². The monoisotopic (exact) mass is 504 g/mol. The quantitative estimate of drug-likeness (QED) is 0.329. The van der Waals surface area contributed by atoms with Gasteiger partial charge in [0, 0.05) is 38.3 Å². The van der Waals surface area contributed by atoms with Gasteiger partial charge in [-0.15, -0.1) is 0 Å². The van der Waals surface area contributed by atoms with E-state index >= 15 is 0 Å². The fraction of sp³-hybridized carbons (Fsp3) is 0.500. The maximum atomic E-state index is 11.5. The van der Waals surface area contributed by atoms with Gasteiger partial charge in [0.15, 0.2) is 0 Å². The van der Waals surface area contributed by atoms with Crippen LogP contribution in [0.3, 0.4) is 0 Å². The predicted molar refractivity (Wildman–Crippen MR) is 128 cm³/mol. The summed E-state index contributed by atoms with van der Waals surface area (Å²) in [5.41, 5.74) is -0.578. The number of anilines is 2. The van der Waals surface area contributed by atoms with E-state index in [1.807, 2.05) is 9.80 Å². The van der Waals surface area contributed by atoms with Crippen LogP contribution >= 0.6 is 0 Å². The molecule has 1 N–H and O–H groups in total. The first-order valence-corrected chi connectivity index (χ1v) is 11.1. The molecule has 0 spiro atoms. The van der Waals surface area contributed by atoms with Crippen LogP contribution in [0.4, 0.5) is 23.0 Å². The van der Waals surface area contributed by atoms with Crippen LogP contribution in [0, 0.1) is 20.2 Å². The second kappa shape index (κ2) is 11.2. The molecule has 2 aliphatic rings. The topological polar surface area (TPSA) is 174 Å². The van der Waals surface area contributed by atoms with E-state index < -0.39 is 15.4 Å². The van der Waals surface area contributed by atoms with Crippen LogP contribution in [-0.4, -0.2) is 81.5 Å². The van der Waals surface area contributed by atoms with Gasteiger partial charge in [0.2, 0.25) is 0 Å². The zero-order chi connectivity index (χ0) is 26.5. The van der Waals surface area contributed by atoms with Crippen molar-refractivity contribution in [2.45, 2.75) is 38.6 Å². The summed E-state index contributed by atoms with van der Waals surface area (Å²) in [6.07, 6.45) is 2.08. The van der Waals surface area contributed by atoms with Gasteiger partial charge in [0.25, 0.3) is 11.4 Å². The summed E-state index contributed by atoms with van der Waals surface area (Å²) < 4.78 is 10.6. The molecule has 2 saturated heterocycles. The van der Waals surface area contributed by atoms with E-state index in [0.29, 0.717) is 37.8 Å². The molecule has 0 aliphatic carbocycles. The number of ether oxygens (including phenoxy) is 2. The lowest BCUT2D eigenvalue weighted by molar-refractivity contribution is -0.385. The molecule has 2 aromatic heterocycles. The van der Waals surface area contributed by atoms with Crippen LogP contribution in [-0.2, 0) is 14.3 Å². The minimum absolute atomic E-state index is 0.0187. The third kappa shape index (κ3) is 7.55. The average molecular weight is 505 g/mol. The van der Waals surface area contributed by atoms with Crippen molar-refractivity contribution in [2.75, 3.05) is 42.6 Å². The molecule has 0 amide bonds. The molecule has 4 heterocycles. The highest BCUT2D eigenvalue weighted by molar-refractivity contribution is 5.71. The van der Waals surface area contributed by atoms with E-state index in [1.165, 1.54) is 24.5 Å². The van der Waals surface area contributed by atoms with Crippen LogP contribution < -0.4 is 9.80 Å². The zero-order valence-corrected chi connectivity index (χ0v) is 20.1. The van der Waals surface area contributed by atoms with Gasteiger partial charge in [-0.25, -0.2) is 14.8 Å². The average Bonchev–Trinajstić information content (AvgIpc) is 2.75. The Bertz CT molecular complexity index is 1060. The summed E-state index contributed by atoms with van der Waals surface area (Å²) in [5, 5.41) is 29.9. The maximum Gasteiger partial charge on any atom is 0.332 e. The lowest BCUT2D eigenvalue weighted by Crippen LogP contribution is -2.53. The summed E-state index contributed by atoms with van der Waals surface area (Å²) in [7, 11) is 0. The molecular formula is C22H28N6O8. The number of aromatic nitrogens is 2. The van der Waals surface area contributed by atoms with Crippen LogP contribution in [0.2, 0.25) is 0 Å². The molecule has 14 heteroatoms. The normalized spacial score (nSPS) is 15.8. The van der Waals surface area contributed by atoms with Crippen LogP contribution in [0.25, 0.3) is 0 Å².